The van der Waals surface area contributed by atoms with E-state index in [0.29, 0.717) is 18.7 Å². The van der Waals surface area contributed by atoms with Gasteiger partial charge in [0.15, 0.2) is 5.69 Å². The van der Waals surface area contributed by atoms with E-state index in [0.717, 1.165) is 16.5 Å². The normalized spacial score (nSPS) is 15.1. The monoisotopic (exact) mass is 415 g/mol. The maximum absolute atomic E-state index is 13.1. The smallest absolute Gasteiger partial charge is 0.376 e. The van der Waals surface area contributed by atoms with Gasteiger partial charge in [0.05, 0.1) is 19.8 Å². The lowest BCUT2D eigenvalue weighted by molar-refractivity contribution is -0.142. The molecule has 0 bridgehead atoms. The summed E-state index contributed by atoms with van der Waals surface area (Å²) >= 11 is 0. The van der Waals surface area contributed by atoms with E-state index in [2.05, 4.69) is 9.82 Å². The van der Waals surface area contributed by atoms with E-state index in [9.17, 15) is 21.6 Å². The van der Waals surface area contributed by atoms with Crippen LogP contribution in [-0.4, -0.2) is 31.3 Å². The standard InChI is InChI=1S/C18H20F3N3O3S/c1-13-2-4-14(5-3-13)7-11-28(25,26)22-8-9-24-16-6-10-27-12-15(16)17(23-24)18(19,20)21/h2-5,7,11,22H,6,8-10,12H2,1H3. The fraction of sp³-hybridized carbons (Fsp3) is 0.389. The van der Waals surface area contributed by atoms with Crippen LogP contribution in [0.4, 0.5) is 13.2 Å². The number of hydrogen-bond acceptors (Lipinski definition) is 4. The minimum Gasteiger partial charge on any atom is -0.376 e. The summed E-state index contributed by atoms with van der Waals surface area (Å²) in [4.78, 5) is 0. The summed E-state index contributed by atoms with van der Waals surface area (Å²) in [5, 5.41) is 4.68. The molecule has 1 aromatic carbocycles. The average Bonchev–Trinajstić information content (AvgIpc) is 3.01. The molecule has 1 aliphatic rings. The molecule has 28 heavy (non-hydrogen) atoms. The van der Waals surface area contributed by atoms with Crippen molar-refractivity contribution in [3.05, 3.63) is 57.8 Å². The van der Waals surface area contributed by atoms with Gasteiger partial charge in [-0.3, -0.25) is 4.68 Å². The Hall–Kier alpha value is -2.17. The summed E-state index contributed by atoms with van der Waals surface area (Å²) in [6.07, 6.45) is -2.82. The number of halogens is 3. The van der Waals surface area contributed by atoms with Crippen molar-refractivity contribution >= 4 is 16.1 Å². The second-order valence-corrected chi connectivity index (χ2v) is 8.10. The van der Waals surface area contributed by atoms with Crippen molar-refractivity contribution in [2.75, 3.05) is 13.2 Å². The highest BCUT2D eigenvalue weighted by Gasteiger charge is 2.39. The Labute approximate surface area is 161 Å². The Morgan fingerprint density at radius 1 is 1.29 bits per heavy atom. The Balaban J connectivity index is 1.66. The zero-order valence-corrected chi connectivity index (χ0v) is 16.0. The van der Waals surface area contributed by atoms with Crippen molar-refractivity contribution in [2.24, 2.45) is 0 Å². The van der Waals surface area contributed by atoms with Crippen molar-refractivity contribution in [3.63, 3.8) is 0 Å². The van der Waals surface area contributed by atoms with E-state index >= 15 is 0 Å². The zero-order valence-electron chi connectivity index (χ0n) is 15.2. The van der Waals surface area contributed by atoms with E-state index in [4.69, 9.17) is 4.74 Å². The van der Waals surface area contributed by atoms with Gasteiger partial charge in [-0.15, -0.1) is 0 Å². The lowest BCUT2D eigenvalue weighted by Crippen LogP contribution is -2.27. The van der Waals surface area contributed by atoms with E-state index in [1.807, 2.05) is 19.1 Å². The van der Waals surface area contributed by atoms with Crippen LogP contribution < -0.4 is 4.72 Å². The van der Waals surface area contributed by atoms with Gasteiger partial charge < -0.3 is 4.74 Å². The first-order chi connectivity index (χ1) is 13.2. The SMILES string of the molecule is Cc1ccc(C=CS(=O)(=O)NCCn2nc(C(F)(F)F)c3c2CCOC3)cc1. The van der Waals surface area contributed by atoms with Gasteiger partial charge in [0, 0.05) is 29.6 Å². The molecule has 1 N–H and O–H groups in total. The van der Waals surface area contributed by atoms with Crippen molar-refractivity contribution in [3.8, 4) is 0 Å². The Bertz CT molecular complexity index is 964. The summed E-state index contributed by atoms with van der Waals surface area (Å²) in [7, 11) is -3.72. The van der Waals surface area contributed by atoms with Gasteiger partial charge in [0.2, 0.25) is 10.0 Å². The van der Waals surface area contributed by atoms with Crippen molar-refractivity contribution in [1.82, 2.24) is 14.5 Å². The highest BCUT2D eigenvalue weighted by molar-refractivity contribution is 7.92. The molecule has 152 valence electrons. The third kappa shape index (κ3) is 5.00. The zero-order chi connectivity index (χ0) is 20.4. The van der Waals surface area contributed by atoms with Crippen LogP contribution in [0.1, 0.15) is 28.1 Å². The van der Waals surface area contributed by atoms with Crippen molar-refractivity contribution in [1.29, 1.82) is 0 Å². The lowest BCUT2D eigenvalue weighted by atomic mass is 10.1. The molecule has 2 heterocycles. The molecule has 0 spiro atoms. The van der Waals surface area contributed by atoms with Gasteiger partial charge in [-0.25, -0.2) is 13.1 Å². The number of fused-ring (bicyclic) bond motifs is 1. The number of sulfonamides is 1. The predicted octanol–water partition coefficient (Wildman–Crippen LogP) is 2.87. The molecule has 6 nitrogen and oxygen atoms in total. The summed E-state index contributed by atoms with van der Waals surface area (Å²) in [5.74, 6) is 0. The largest absolute Gasteiger partial charge is 0.435 e. The number of aryl methyl sites for hydroxylation is 1. The number of aromatic nitrogens is 2. The third-order valence-electron chi connectivity index (χ3n) is 4.31. The van der Waals surface area contributed by atoms with Crippen LogP contribution in [-0.2, 0) is 40.5 Å². The second kappa shape index (κ2) is 8.06. The first-order valence-electron chi connectivity index (χ1n) is 8.63. The first-order valence-corrected chi connectivity index (χ1v) is 10.2. The maximum atomic E-state index is 13.1. The summed E-state index contributed by atoms with van der Waals surface area (Å²) in [6, 6.07) is 7.31. The third-order valence-corrected chi connectivity index (χ3v) is 5.41. The van der Waals surface area contributed by atoms with Crippen LogP contribution in [0.2, 0.25) is 0 Å². The van der Waals surface area contributed by atoms with Crippen molar-refractivity contribution in [2.45, 2.75) is 32.7 Å². The van der Waals surface area contributed by atoms with Crippen LogP contribution in [0.5, 0.6) is 0 Å². The minimum atomic E-state index is -4.58. The quantitative estimate of drug-likeness (QED) is 0.788. The van der Waals surface area contributed by atoms with Crippen molar-refractivity contribution < 1.29 is 26.3 Å². The molecular weight excluding hydrogens is 395 g/mol. The fourth-order valence-corrected chi connectivity index (χ4v) is 3.72. The molecule has 0 fully saturated rings. The summed E-state index contributed by atoms with van der Waals surface area (Å²) < 4.78 is 72.3. The number of rotatable bonds is 6. The number of alkyl halides is 3. The minimum absolute atomic E-state index is 0.00395. The van der Waals surface area contributed by atoms with Crippen LogP contribution in [0, 0.1) is 6.92 Å². The molecule has 0 atom stereocenters. The number of nitrogens with one attached hydrogen (secondary N) is 1. The molecule has 0 aliphatic carbocycles. The van der Waals surface area contributed by atoms with Gasteiger partial charge in [-0.05, 0) is 18.6 Å². The molecular formula is C18H20F3N3O3S. The predicted molar refractivity (Wildman–Crippen MR) is 97.7 cm³/mol. The molecule has 3 rings (SSSR count). The highest BCUT2D eigenvalue weighted by Crippen LogP contribution is 2.34. The fourth-order valence-electron chi connectivity index (χ4n) is 2.91. The van der Waals surface area contributed by atoms with E-state index in [1.165, 1.54) is 10.8 Å². The number of hydrogen-bond donors (Lipinski definition) is 1. The first kappa shape index (κ1) is 20.6. The van der Waals surface area contributed by atoms with Gasteiger partial charge in [0.25, 0.3) is 0 Å². The van der Waals surface area contributed by atoms with Gasteiger partial charge in [-0.2, -0.15) is 18.3 Å². The Kier molecular flexibility index (Phi) is 5.92. The number of ether oxygens (including phenoxy) is 1. The van der Waals surface area contributed by atoms with Crippen LogP contribution >= 0.6 is 0 Å². The van der Waals surface area contributed by atoms with Crippen LogP contribution in [0.25, 0.3) is 6.08 Å². The number of nitrogens with zero attached hydrogens (tertiary/aromatic N) is 2. The topological polar surface area (TPSA) is 73.2 Å². The average molecular weight is 415 g/mol. The van der Waals surface area contributed by atoms with Gasteiger partial charge >= 0.3 is 6.18 Å². The van der Waals surface area contributed by atoms with Gasteiger partial charge in [0.1, 0.15) is 0 Å². The second-order valence-electron chi connectivity index (χ2n) is 6.45. The molecule has 0 amide bonds. The van der Waals surface area contributed by atoms with Crippen LogP contribution in [0.3, 0.4) is 0 Å². The highest BCUT2D eigenvalue weighted by atomic mass is 32.2. The molecule has 1 aliphatic heterocycles. The van der Waals surface area contributed by atoms with Crippen LogP contribution in [0.15, 0.2) is 29.7 Å². The molecule has 0 saturated heterocycles. The van der Waals surface area contributed by atoms with Gasteiger partial charge in [-0.1, -0.05) is 29.8 Å². The number of benzene rings is 1. The molecule has 2 aromatic rings. The molecule has 10 heteroatoms. The Morgan fingerprint density at radius 3 is 2.68 bits per heavy atom. The van der Waals surface area contributed by atoms with E-state index in [1.54, 1.807) is 12.1 Å². The maximum Gasteiger partial charge on any atom is 0.435 e. The van der Waals surface area contributed by atoms with E-state index in [-0.39, 0.29) is 25.3 Å². The molecule has 0 saturated carbocycles. The summed E-state index contributed by atoms with van der Waals surface area (Å²) in [5.41, 5.74) is 1.29. The summed E-state index contributed by atoms with van der Waals surface area (Å²) in [6.45, 7) is 2.01. The molecule has 0 unspecified atom stereocenters. The lowest BCUT2D eigenvalue weighted by Gasteiger charge is -2.15. The molecule has 0 radical (unpaired) electrons. The Morgan fingerprint density at radius 2 is 2.00 bits per heavy atom. The van der Waals surface area contributed by atoms with E-state index < -0.39 is 21.9 Å². The molecule has 1 aromatic heterocycles.